The molecule has 17 heavy (non-hydrogen) atoms. The number of nitrogens with one attached hydrogen (secondary N) is 1. The predicted octanol–water partition coefficient (Wildman–Crippen LogP) is 3.37. The van der Waals surface area contributed by atoms with Gasteiger partial charge in [-0.3, -0.25) is 0 Å². The monoisotopic (exact) mass is 223 g/mol. The van der Waals surface area contributed by atoms with Crippen LogP contribution in [0.4, 0.5) is 0 Å². The first-order valence-electron chi connectivity index (χ1n) is 6.30. The Morgan fingerprint density at radius 1 is 1.00 bits per heavy atom. The summed E-state index contributed by atoms with van der Waals surface area (Å²) in [6, 6.07) is 15.4. The Hall–Kier alpha value is -1.60. The molecule has 0 aromatic heterocycles. The van der Waals surface area contributed by atoms with Crippen LogP contribution in [0.2, 0.25) is 0 Å². The zero-order chi connectivity index (χ0) is 11.7. The standard InChI is InChI=1S/C16H17N/c1-2-17-11-13-7-5-9-15-14-8-4-3-6-12(14)10-16(13)15/h3-9,17H,2,10-11H2,1H3. The normalized spacial score (nSPS) is 12.3. The van der Waals surface area contributed by atoms with Gasteiger partial charge in [-0.1, -0.05) is 49.4 Å². The van der Waals surface area contributed by atoms with Gasteiger partial charge in [-0.05, 0) is 40.8 Å². The number of rotatable bonds is 3. The van der Waals surface area contributed by atoms with Gasteiger partial charge in [0, 0.05) is 6.54 Å². The Balaban J connectivity index is 2.05. The molecule has 3 rings (SSSR count). The maximum atomic E-state index is 3.42. The van der Waals surface area contributed by atoms with Crippen LogP contribution in [0, 0.1) is 0 Å². The van der Waals surface area contributed by atoms with Gasteiger partial charge in [-0.2, -0.15) is 0 Å². The molecular formula is C16H17N. The SMILES string of the molecule is CCNCc1cccc2c1Cc1ccccc1-2. The van der Waals surface area contributed by atoms with Crippen LogP contribution >= 0.6 is 0 Å². The number of fused-ring (bicyclic) bond motifs is 3. The Morgan fingerprint density at radius 3 is 2.71 bits per heavy atom. The van der Waals surface area contributed by atoms with Crippen LogP contribution < -0.4 is 5.32 Å². The maximum absolute atomic E-state index is 3.42. The van der Waals surface area contributed by atoms with E-state index >= 15 is 0 Å². The second-order valence-corrected chi connectivity index (χ2v) is 4.56. The van der Waals surface area contributed by atoms with Gasteiger partial charge in [-0.25, -0.2) is 0 Å². The molecule has 2 aromatic rings. The highest BCUT2D eigenvalue weighted by molar-refractivity contribution is 5.77. The molecule has 1 nitrogen and oxygen atoms in total. The van der Waals surface area contributed by atoms with Crippen molar-refractivity contribution in [3.8, 4) is 11.1 Å². The summed E-state index contributed by atoms with van der Waals surface area (Å²) in [5, 5.41) is 3.42. The van der Waals surface area contributed by atoms with E-state index in [4.69, 9.17) is 0 Å². The van der Waals surface area contributed by atoms with E-state index < -0.39 is 0 Å². The van der Waals surface area contributed by atoms with Gasteiger partial charge < -0.3 is 5.32 Å². The topological polar surface area (TPSA) is 12.0 Å². The van der Waals surface area contributed by atoms with Crippen LogP contribution in [0.1, 0.15) is 23.6 Å². The summed E-state index contributed by atoms with van der Waals surface area (Å²) >= 11 is 0. The Morgan fingerprint density at radius 2 is 1.82 bits per heavy atom. The first-order valence-corrected chi connectivity index (χ1v) is 6.30. The van der Waals surface area contributed by atoms with Crippen LogP contribution in [-0.2, 0) is 13.0 Å². The van der Waals surface area contributed by atoms with E-state index in [0.29, 0.717) is 0 Å². The predicted molar refractivity (Wildman–Crippen MR) is 72.1 cm³/mol. The van der Waals surface area contributed by atoms with Gasteiger partial charge in [-0.15, -0.1) is 0 Å². The van der Waals surface area contributed by atoms with Crippen molar-refractivity contribution in [3.05, 3.63) is 59.2 Å². The molecule has 86 valence electrons. The lowest BCUT2D eigenvalue weighted by molar-refractivity contribution is 0.722. The minimum atomic E-state index is 0.980. The molecule has 2 aromatic carbocycles. The molecule has 1 aliphatic rings. The molecule has 0 saturated carbocycles. The van der Waals surface area contributed by atoms with Gasteiger partial charge in [0.2, 0.25) is 0 Å². The fraction of sp³-hybridized carbons (Fsp3) is 0.250. The van der Waals surface area contributed by atoms with Crippen molar-refractivity contribution in [2.24, 2.45) is 0 Å². The fourth-order valence-electron chi connectivity index (χ4n) is 2.65. The minimum Gasteiger partial charge on any atom is -0.313 e. The zero-order valence-corrected chi connectivity index (χ0v) is 10.2. The van der Waals surface area contributed by atoms with Crippen molar-refractivity contribution < 1.29 is 0 Å². The molecule has 0 spiro atoms. The van der Waals surface area contributed by atoms with Crippen molar-refractivity contribution in [2.45, 2.75) is 19.9 Å². The van der Waals surface area contributed by atoms with Crippen LogP contribution in [0.5, 0.6) is 0 Å². The molecule has 0 fully saturated rings. The molecule has 1 aliphatic carbocycles. The average Bonchev–Trinajstić information content (AvgIpc) is 2.75. The van der Waals surface area contributed by atoms with Crippen molar-refractivity contribution in [2.75, 3.05) is 6.54 Å². The van der Waals surface area contributed by atoms with E-state index in [-0.39, 0.29) is 0 Å². The van der Waals surface area contributed by atoms with Crippen molar-refractivity contribution in [1.29, 1.82) is 0 Å². The second-order valence-electron chi connectivity index (χ2n) is 4.56. The van der Waals surface area contributed by atoms with Crippen LogP contribution in [0.25, 0.3) is 11.1 Å². The van der Waals surface area contributed by atoms with Gasteiger partial charge in [0.1, 0.15) is 0 Å². The van der Waals surface area contributed by atoms with E-state index in [2.05, 4.69) is 54.7 Å². The number of benzene rings is 2. The lowest BCUT2D eigenvalue weighted by Crippen LogP contribution is -2.13. The minimum absolute atomic E-state index is 0.980. The molecule has 0 radical (unpaired) electrons. The second kappa shape index (κ2) is 4.34. The number of hydrogen-bond donors (Lipinski definition) is 1. The van der Waals surface area contributed by atoms with Crippen LogP contribution in [0.3, 0.4) is 0 Å². The summed E-state index contributed by atoms with van der Waals surface area (Å²) in [5.41, 5.74) is 7.26. The Kier molecular flexibility index (Phi) is 2.69. The van der Waals surface area contributed by atoms with E-state index in [1.807, 2.05) is 0 Å². The van der Waals surface area contributed by atoms with E-state index in [1.54, 1.807) is 0 Å². The summed E-state index contributed by atoms with van der Waals surface area (Å²) in [6.07, 6.45) is 1.09. The molecule has 0 unspecified atom stereocenters. The summed E-state index contributed by atoms with van der Waals surface area (Å²) in [4.78, 5) is 0. The van der Waals surface area contributed by atoms with Gasteiger partial charge >= 0.3 is 0 Å². The van der Waals surface area contributed by atoms with Gasteiger partial charge in [0.15, 0.2) is 0 Å². The highest BCUT2D eigenvalue weighted by atomic mass is 14.8. The summed E-state index contributed by atoms with van der Waals surface area (Å²) in [7, 11) is 0. The third-order valence-corrected chi connectivity index (χ3v) is 3.51. The highest BCUT2D eigenvalue weighted by Crippen LogP contribution is 2.37. The van der Waals surface area contributed by atoms with Crippen LogP contribution in [0.15, 0.2) is 42.5 Å². The Labute approximate surface area is 102 Å². The summed E-state index contributed by atoms with van der Waals surface area (Å²) in [5.74, 6) is 0. The maximum Gasteiger partial charge on any atom is 0.0208 e. The van der Waals surface area contributed by atoms with Gasteiger partial charge in [0.25, 0.3) is 0 Å². The molecular weight excluding hydrogens is 206 g/mol. The van der Waals surface area contributed by atoms with E-state index in [1.165, 1.54) is 27.8 Å². The summed E-state index contributed by atoms with van der Waals surface area (Å²) in [6.45, 7) is 4.15. The van der Waals surface area contributed by atoms with E-state index in [0.717, 1.165) is 19.5 Å². The lowest BCUT2D eigenvalue weighted by atomic mass is 10.0. The van der Waals surface area contributed by atoms with Crippen molar-refractivity contribution >= 4 is 0 Å². The molecule has 0 saturated heterocycles. The first-order chi connectivity index (χ1) is 8.40. The summed E-state index contributed by atoms with van der Waals surface area (Å²) < 4.78 is 0. The third-order valence-electron chi connectivity index (χ3n) is 3.51. The smallest absolute Gasteiger partial charge is 0.0208 e. The Bertz CT molecular complexity index is 543. The van der Waals surface area contributed by atoms with Crippen molar-refractivity contribution in [3.63, 3.8) is 0 Å². The molecule has 0 heterocycles. The average molecular weight is 223 g/mol. The molecule has 1 N–H and O–H groups in total. The quantitative estimate of drug-likeness (QED) is 0.718. The lowest BCUT2D eigenvalue weighted by Gasteiger charge is -2.08. The van der Waals surface area contributed by atoms with Gasteiger partial charge in [0.05, 0.1) is 0 Å². The molecule has 0 atom stereocenters. The van der Waals surface area contributed by atoms with Crippen molar-refractivity contribution in [1.82, 2.24) is 5.32 Å². The molecule has 1 heteroatoms. The van der Waals surface area contributed by atoms with Crippen LogP contribution in [-0.4, -0.2) is 6.54 Å². The molecule has 0 aliphatic heterocycles. The largest absolute Gasteiger partial charge is 0.313 e. The molecule has 0 amide bonds. The number of hydrogen-bond acceptors (Lipinski definition) is 1. The molecule has 0 bridgehead atoms. The first kappa shape index (κ1) is 10.5. The fourth-order valence-corrected chi connectivity index (χ4v) is 2.65. The zero-order valence-electron chi connectivity index (χ0n) is 10.2. The third kappa shape index (κ3) is 1.77. The highest BCUT2D eigenvalue weighted by Gasteiger charge is 2.19. The van der Waals surface area contributed by atoms with E-state index in [9.17, 15) is 0 Å².